The molecule has 1 aliphatic heterocycles. The second-order valence-corrected chi connectivity index (χ2v) is 10.5. The van der Waals surface area contributed by atoms with E-state index in [0.29, 0.717) is 11.8 Å². The summed E-state index contributed by atoms with van der Waals surface area (Å²) < 4.78 is 0. The summed E-state index contributed by atoms with van der Waals surface area (Å²) in [6, 6.07) is 4.23. The number of likely N-dealkylation sites (tertiary alicyclic amines) is 1. The van der Waals surface area contributed by atoms with Crippen molar-refractivity contribution in [2.75, 3.05) is 11.9 Å². The lowest BCUT2D eigenvalue weighted by Gasteiger charge is -2.63. The van der Waals surface area contributed by atoms with E-state index in [1.807, 2.05) is 0 Å². The molecule has 0 radical (unpaired) electrons. The number of hydrogen-bond acceptors (Lipinski definition) is 3. The quantitative estimate of drug-likeness (QED) is 0.828. The van der Waals surface area contributed by atoms with Gasteiger partial charge < -0.3 is 10.4 Å². The van der Waals surface area contributed by atoms with Crippen molar-refractivity contribution in [2.24, 2.45) is 11.8 Å². The summed E-state index contributed by atoms with van der Waals surface area (Å²) in [6.45, 7) is 7.26. The van der Waals surface area contributed by atoms with Crippen molar-refractivity contribution in [3.63, 3.8) is 0 Å². The van der Waals surface area contributed by atoms with E-state index in [4.69, 9.17) is 0 Å². The molecule has 3 unspecified atom stereocenters. The highest BCUT2D eigenvalue weighted by atomic mass is 16.3. The Morgan fingerprint density at radius 2 is 1.75 bits per heavy atom. The van der Waals surface area contributed by atoms with E-state index in [9.17, 15) is 9.90 Å². The number of aryl methyl sites for hydroxylation is 3. The van der Waals surface area contributed by atoms with E-state index < -0.39 is 5.60 Å². The first-order chi connectivity index (χ1) is 13.3. The van der Waals surface area contributed by atoms with Crippen molar-refractivity contribution < 1.29 is 9.90 Å². The fourth-order valence-corrected chi connectivity index (χ4v) is 7.69. The van der Waals surface area contributed by atoms with Gasteiger partial charge in [-0.2, -0.15) is 0 Å². The molecule has 1 saturated heterocycles. The second-order valence-electron chi connectivity index (χ2n) is 10.5. The van der Waals surface area contributed by atoms with Crippen LogP contribution in [0.1, 0.15) is 68.1 Å². The lowest BCUT2D eigenvalue weighted by Crippen LogP contribution is -2.67. The number of amides is 1. The first kappa shape index (κ1) is 18.6. The van der Waals surface area contributed by atoms with Crippen LogP contribution in [0.15, 0.2) is 12.1 Å². The fourth-order valence-electron chi connectivity index (χ4n) is 7.69. The van der Waals surface area contributed by atoms with Gasteiger partial charge in [-0.25, -0.2) is 0 Å². The normalized spacial score (nSPS) is 39.5. The molecule has 4 saturated carbocycles. The summed E-state index contributed by atoms with van der Waals surface area (Å²) in [5, 5.41) is 14.4. The molecule has 5 atom stereocenters. The molecule has 4 nitrogen and oxygen atoms in total. The molecule has 0 spiro atoms. The molecule has 5 fully saturated rings. The van der Waals surface area contributed by atoms with Crippen molar-refractivity contribution in [3.8, 4) is 0 Å². The predicted octanol–water partition coefficient (Wildman–Crippen LogP) is 4.10. The molecule has 1 heterocycles. The number of hydrogen-bond donors (Lipinski definition) is 2. The van der Waals surface area contributed by atoms with Crippen LogP contribution in [0.3, 0.4) is 0 Å². The van der Waals surface area contributed by atoms with Crippen LogP contribution in [-0.4, -0.2) is 39.6 Å². The molecule has 1 aromatic carbocycles. The zero-order chi connectivity index (χ0) is 19.7. The molecule has 152 valence electrons. The number of nitrogens with zero attached hydrogens (tertiary/aromatic N) is 1. The van der Waals surface area contributed by atoms with Crippen molar-refractivity contribution >= 4 is 11.6 Å². The minimum atomic E-state index is -0.474. The highest BCUT2D eigenvalue weighted by Crippen LogP contribution is 2.60. The molecule has 4 bridgehead atoms. The number of anilines is 1. The van der Waals surface area contributed by atoms with Crippen LogP contribution in [-0.2, 0) is 4.79 Å². The molecule has 4 aliphatic carbocycles. The lowest BCUT2D eigenvalue weighted by molar-refractivity contribution is -0.179. The molecule has 2 N–H and O–H groups in total. The van der Waals surface area contributed by atoms with Gasteiger partial charge in [0.15, 0.2) is 0 Å². The van der Waals surface area contributed by atoms with Crippen molar-refractivity contribution in [3.05, 3.63) is 28.8 Å². The van der Waals surface area contributed by atoms with Crippen LogP contribution in [0.2, 0.25) is 0 Å². The Hall–Kier alpha value is -1.39. The topological polar surface area (TPSA) is 52.6 Å². The average Bonchev–Trinajstić information content (AvgIpc) is 3.06. The number of benzene rings is 1. The second kappa shape index (κ2) is 6.30. The van der Waals surface area contributed by atoms with Gasteiger partial charge >= 0.3 is 0 Å². The third kappa shape index (κ3) is 2.91. The predicted molar refractivity (Wildman–Crippen MR) is 111 cm³/mol. The zero-order valence-corrected chi connectivity index (χ0v) is 17.6. The van der Waals surface area contributed by atoms with E-state index in [0.717, 1.165) is 55.5 Å². The third-order valence-corrected chi connectivity index (χ3v) is 8.09. The molecule has 4 heteroatoms. The highest BCUT2D eigenvalue weighted by Gasteiger charge is 2.60. The minimum absolute atomic E-state index is 0.0503. The number of rotatable bonds is 3. The largest absolute Gasteiger partial charge is 0.390 e. The Bertz CT molecular complexity index is 780. The molecule has 5 aliphatic rings. The van der Waals surface area contributed by atoms with Crippen molar-refractivity contribution in [2.45, 2.75) is 89.3 Å². The first-order valence-corrected chi connectivity index (χ1v) is 11.1. The Morgan fingerprint density at radius 3 is 2.36 bits per heavy atom. The van der Waals surface area contributed by atoms with Crippen LogP contribution in [0.25, 0.3) is 0 Å². The maximum atomic E-state index is 13.4. The number of aliphatic hydroxyl groups is 1. The SMILES string of the molecule is Cc1cc(C)c(NC(=O)C2CCCN2C23C[C@@H]4C[C@@H](CC(O)(C4)C2)C3)c(C)c1. The fraction of sp³-hybridized carbons (Fsp3) is 0.708. The summed E-state index contributed by atoms with van der Waals surface area (Å²) in [7, 11) is 0. The summed E-state index contributed by atoms with van der Waals surface area (Å²) >= 11 is 0. The van der Waals surface area contributed by atoms with Gasteiger partial charge in [0.2, 0.25) is 5.91 Å². The van der Waals surface area contributed by atoms with Crippen LogP contribution in [0.4, 0.5) is 5.69 Å². The van der Waals surface area contributed by atoms with Gasteiger partial charge in [-0.3, -0.25) is 9.69 Å². The summed E-state index contributed by atoms with van der Waals surface area (Å²) in [5.41, 5.74) is 4.06. The van der Waals surface area contributed by atoms with E-state index in [-0.39, 0.29) is 17.5 Å². The molecule has 1 aromatic rings. The molecule has 28 heavy (non-hydrogen) atoms. The smallest absolute Gasteiger partial charge is 0.241 e. The van der Waals surface area contributed by atoms with Gasteiger partial charge in [0.05, 0.1) is 11.6 Å². The van der Waals surface area contributed by atoms with E-state index >= 15 is 0 Å². The molecule has 6 rings (SSSR count). The Labute approximate surface area is 168 Å². The third-order valence-electron chi connectivity index (χ3n) is 8.09. The maximum absolute atomic E-state index is 13.4. The Balaban J connectivity index is 1.40. The summed E-state index contributed by atoms with van der Waals surface area (Å²) in [5.74, 6) is 1.45. The van der Waals surface area contributed by atoms with Gasteiger partial charge in [-0.15, -0.1) is 0 Å². The van der Waals surface area contributed by atoms with Gasteiger partial charge in [0.1, 0.15) is 0 Å². The van der Waals surface area contributed by atoms with E-state index in [1.54, 1.807) is 0 Å². The highest BCUT2D eigenvalue weighted by molar-refractivity contribution is 5.96. The standard InChI is InChI=1S/C24H34N2O2/c1-15-7-16(2)21(17(3)8-15)25-22(27)20-5-4-6-26(20)23-10-18-9-19(11-23)13-24(28,12-18)14-23/h7-8,18-20,28H,4-6,9-14H2,1-3H3,(H,25,27)/t18-,19+,20?,23?,24?. The number of nitrogens with one attached hydrogen (secondary N) is 1. The Morgan fingerprint density at radius 1 is 1.11 bits per heavy atom. The van der Waals surface area contributed by atoms with Crippen molar-refractivity contribution in [1.82, 2.24) is 4.90 Å². The molecular formula is C24H34N2O2. The molecule has 1 amide bonds. The first-order valence-electron chi connectivity index (χ1n) is 11.1. The monoisotopic (exact) mass is 382 g/mol. The summed E-state index contributed by atoms with van der Waals surface area (Å²) in [4.78, 5) is 15.9. The average molecular weight is 383 g/mol. The molecule has 0 aromatic heterocycles. The van der Waals surface area contributed by atoms with Gasteiger partial charge in [0.25, 0.3) is 0 Å². The maximum Gasteiger partial charge on any atom is 0.241 e. The zero-order valence-electron chi connectivity index (χ0n) is 17.6. The summed E-state index contributed by atoms with van der Waals surface area (Å²) in [6.07, 6.45) is 8.51. The van der Waals surface area contributed by atoms with Gasteiger partial charge in [-0.05, 0) is 102 Å². The van der Waals surface area contributed by atoms with Crippen molar-refractivity contribution in [1.29, 1.82) is 0 Å². The van der Waals surface area contributed by atoms with Crippen LogP contribution < -0.4 is 5.32 Å². The lowest BCUT2D eigenvalue weighted by atomic mass is 9.50. The van der Waals surface area contributed by atoms with Gasteiger partial charge in [0, 0.05) is 11.2 Å². The number of carbonyl (C=O) groups is 1. The van der Waals surface area contributed by atoms with Crippen LogP contribution >= 0.6 is 0 Å². The minimum Gasteiger partial charge on any atom is -0.390 e. The van der Waals surface area contributed by atoms with Crippen LogP contribution in [0.5, 0.6) is 0 Å². The van der Waals surface area contributed by atoms with E-state index in [1.165, 1.54) is 24.8 Å². The van der Waals surface area contributed by atoms with Crippen LogP contribution in [0, 0.1) is 32.6 Å². The van der Waals surface area contributed by atoms with E-state index in [2.05, 4.69) is 43.1 Å². The van der Waals surface area contributed by atoms with Gasteiger partial charge in [-0.1, -0.05) is 17.7 Å². The molecular weight excluding hydrogens is 348 g/mol. The Kier molecular flexibility index (Phi) is 4.19. The number of carbonyl (C=O) groups excluding carboxylic acids is 1.